The third-order valence-electron chi connectivity index (χ3n) is 6.47. The van der Waals surface area contributed by atoms with E-state index in [4.69, 9.17) is 4.74 Å². The highest BCUT2D eigenvalue weighted by atomic mass is 16.5. The first-order valence-electron chi connectivity index (χ1n) is 12.7. The Balaban J connectivity index is 1.47. The summed E-state index contributed by atoms with van der Waals surface area (Å²) in [4.78, 5) is 38.0. The van der Waals surface area contributed by atoms with Gasteiger partial charge in [-0.3, -0.25) is 4.79 Å². The second-order valence-electron chi connectivity index (χ2n) is 9.29. The second-order valence-corrected chi connectivity index (χ2v) is 9.29. The van der Waals surface area contributed by atoms with Crippen molar-refractivity contribution >= 4 is 41.3 Å². The topological polar surface area (TPSA) is 145 Å². The molecular formula is C30H29BN2O7. The zero-order chi connectivity index (χ0) is 28.5. The Hall–Kier alpha value is -4.67. The Morgan fingerprint density at radius 3 is 1.82 bits per heavy atom. The van der Waals surface area contributed by atoms with Crippen molar-refractivity contribution in [2.45, 2.75) is 31.5 Å². The standard InChI is InChI=1S/C30H29BN2O7/c34-28(32-27(29(35)36)18-21-11-5-2-6-12-21)26(17-20-9-3-1-4-10-20)33-30(37)40-19-22-15-16-25(31(38)39)24-14-8-7-13-23(22)24/h1-16,26-27,38-39H,17-19H2,(H,32,34)(H,33,37)(H,35,36)/t26-,27-/m0/s1. The maximum atomic E-state index is 13.2. The van der Waals surface area contributed by atoms with E-state index in [2.05, 4.69) is 10.6 Å². The quantitative estimate of drug-likeness (QED) is 0.183. The van der Waals surface area contributed by atoms with Crippen LogP contribution >= 0.6 is 0 Å². The van der Waals surface area contributed by atoms with Gasteiger partial charge in [0.05, 0.1) is 0 Å². The van der Waals surface area contributed by atoms with Crippen LogP contribution in [0.5, 0.6) is 0 Å². The van der Waals surface area contributed by atoms with Gasteiger partial charge in [0.2, 0.25) is 5.91 Å². The number of carbonyl (C=O) groups is 3. The lowest BCUT2D eigenvalue weighted by atomic mass is 9.76. The molecule has 0 fully saturated rings. The van der Waals surface area contributed by atoms with E-state index in [-0.39, 0.29) is 19.4 Å². The minimum atomic E-state index is -1.66. The molecule has 0 aliphatic heterocycles. The summed E-state index contributed by atoms with van der Waals surface area (Å²) in [6, 6.07) is 25.9. The molecule has 0 saturated heterocycles. The number of ether oxygens (including phenoxy) is 1. The monoisotopic (exact) mass is 540 g/mol. The average molecular weight is 540 g/mol. The van der Waals surface area contributed by atoms with Crippen LogP contribution < -0.4 is 16.1 Å². The zero-order valence-corrected chi connectivity index (χ0v) is 21.6. The lowest BCUT2D eigenvalue weighted by Gasteiger charge is -2.22. The molecule has 0 aromatic heterocycles. The normalized spacial score (nSPS) is 12.2. The zero-order valence-electron chi connectivity index (χ0n) is 21.6. The number of aliphatic carboxylic acids is 1. The third kappa shape index (κ3) is 7.46. The Bertz CT molecular complexity index is 1470. The molecule has 204 valence electrons. The van der Waals surface area contributed by atoms with Crippen LogP contribution in [0.4, 0.5) is 4.79 Å². The Kier molecular flexibility index (Phi) is 9.50. The molecule has 2 atom stereocenters. The predicted octanol–water partition coefficient (Wildman–Crippen LogP) is 2.17. The molecule has 4 aromatic carbocycles. The van der Waals surface area contributed by atoms with E-state index in [0.29, 0.717) is 21.8 Å². The molecule has 2 amide bonds. The van der Waals surface area contributed by atoms with Crippen LogP contribution in [0.3, 0.4) is 0 Å². The van der Waals surface area contributed by atoms with Crippen molar-refractivity contribution in [1.82, 2.24) is 10.6 Å². The lowest BCUT2D eigenvalue weighted by molar-refractivity contribution is -0.142. The summed E-state index contributed by atoms with van der Waals surface area (Å²) in [5.41, 5.74) is 2.47. The number of amides is 2. The van der Waals surface area contributed by atoms with E-state index in [1.165, 1.54) is 0 Å². The van der Waals surface area contributed by atoms with Crippen molar-refractivity contribution in [2.75, 3.05) is 0 Å². The lowest BCUT2D eigenvalue weighted by Crippen LogP contribution is -2.53. The van der Waals surface area contributed by atoms with Crippen molar-refractivity contribution in [2.24, 2.45) is 0 Å². The van der Waals surface area contributed by atoms with Crippen molar-refractivity contribution in [3.05, 3.63) is 114 Å². The van der Waals surface area contributed by atoms with Gasteiger partial charge in [-0.25, -0.2) is 9.59 Å². The molecule has 0 spiro atoms. The molecular weight excluding hydrogens is 511 g/mol. The molecule has 0 aliphatic rings. The maximum Gasteiger partial charge on any atom is 0.489 e. The largest absolute Gasteiger partial charge is 0.489 e. The van der Waals surface area contributed by atoms with Gasteiger partial charge >= 0.3 is 19.2 Å². The number of fused-ring (bicyclic) bond motifs is 1. The summed E-state index contributed by atoms with van der Waals surface area (Å²) in [5.74, 6) is -1.85. The number of hydrogen-bond donors (Lipinski definition) is 5. The molecule has 0 saturated carbocycles. The van der Waals surface area contributed by atoms with Crippen LogP contribution in [0.25, 0.3) is 10.8 Å². The summed E-state index contributed by atoms with van der Waals surface area (Å²) in [5, 5.41) is 35.5. The summed E-state index contributed by atoms with van der Waals surface area (Å²) >= 11 is 0. The number of carboxylic acid groups (broad SMARTS) is 1. The van der Waals surface area contributed by atoms with Gasteiger partial charge in [0, 0.05) is 12.8 Å². The molecule has 0 radical (unpaired) electrons. The van der Waals surface area contributed by atoms with E-state index in [1.807, 2.05) is 12.1 Å². The molecule has 0 unspecified atom stereocenters. The Labute approximate surface area is 231 Å². The SMILES string of the molecule is O=C(N[C@@H](Cc1ccccc1)C(=O)N[C@@H](Cc1ccccc1)C(=O)O)OCc1ccc(B(O)O)c2ccccc12. The number of alkyl carbamates (subject to hydrolysis) is 1. The fourth-order valence-electron chi connectivity index (χ4n) is 4.44. The Morgan fingerprint density at radius 1 is 0.700 bits per heavy atom. The van der Waals surface area contributed by atoms with Gasteiger partial charge in [-0.1, -0.05) is 97.1 Å². The first-order valence-corrected chi connectivity index (χ1v) is 12.7. The van der Waals surface area contributed by atoms with Gasteiger partial charge in [0.25, 0.3) is 0 Å². The molecule has 10 heteroatoms. The number of rotatable bonds is 11. The van der Waals surface area contributed by atoms with E-state index >= 15 is 0 Å². The Morgan fingerprint density at radius 2 is 1.25 bits per heavy atom. The second kappa shape index (κ2) is 13.4. The fraction of sp³-hybridized carbons (Fsp3) is 0.167. The van der Waals surface area contributed by atoms with E-state index < -0.39 is 37.2 Å². The molecule has 40 heavy (non-hydrogen) atoms. The molecule has 4 aromatic rings. The summed E-state index contributed by atoms with van der Waals surface area (Å²) in [6.45, 7) is -0.139. The van der Waals surface area contributed by atoms with Crippen molar-refractivity contribution in [3.8, 4) is 0 Å². The highest BCUT2D eigenvalue weighted by molar-refractivity contribution is 6.62. The first-order chi connectivity index (χ1) is 19.3. The minimum Gasteiger partial charge on any atom is -0.480 e. The van der Waals surface area contributed by atoms with Crippen molar-refractivity contribution in [1.29, 1.82) is 0 Å². The first kappa shape index (κ1) is 28.3. The van der Waals surface area contributed by atoms with Gasteiger partial charge in [-0.05, 0) is 32.9 Å². The van der Waals surface area contributed by atoms with Crippen molar-refractivity contribution < 1.29 is 34.3 Å². The summed E-state index contributed by atoms with van der Waals surface area (Å²) < 4.78 is 5.43. The molecule has 0 aliphatic carbocycles. The van der Waals surface area contributed by atoms with Crippen LogP contribution in [0, 0.1) is 0 Å². The number of carboxylic acids is 1. The molecule has 9 nitrogen and oxygen atoms in total. The van der Waals surface area contributed by atoms with Gasteiger partial charge in [0.1, 0.15) is 18.7 Å². The van der Waals surface area contributed by atoms with Crippen LogP contribution in [-0.2, 0) is 33.8 Å². The number of hydrogen-bond acceptors (Lipinski definition) is 6. The molecule has 4 rings (SSSR count). The van der Waals surface area contributed by atoms with E-state index in [1.54, 1.807) is 84.9 Å². The van der Waals surface area contributed by atoms with Gasteiger partial charge in [-0.2, -0.15) is 0 Å². The number of carbonyl (C=O) groups excluding carboxylic acids is 2. The van der Waals surface area contributed by atoms with Crippen LogP contribution in [0.15, 0.2) is 97.1 Å². The van der Waals surface area contributed by atoms with Gasteiger partial charge < -0.3 is 30.5 Å². The van der Waals surface area contributed by atoms with Gasteiger partial charge in [0.15, 0.2) is 0 Å². The summed E-state index contributed by atoms with van der Waals surface area (Å²) in [7, 11) is -1.66. The van der Waals surface area contributed by atoms with Crippen LogP contribution in [0.1, 0.15) is 16.7 Å². The van der Waals surface area contributed by atoms with Crippen LogP contribution in [-0.4, -0.2) is 52.3 Å². The molecule has 0 heterocycles. The maximum absolute atomic E-state index is 13.2. The third-order valence-corrected chi connectivity index (χ3v) is 6.47. The highest BCUT2D eigenvalue weighted by Crippen LogP contribution is 2.18. The number of nitrogens with one attached hydrogen (secondary N) is 2. The summed E-state index contributed by atoms with van der Waals surface area (Å²) in [6.07, 6.45) is -0.664. The predicted molar refractivity (Wildman–Crippen MR) is 151 cm³/mol. The van der Waals surface area contributed by atoms with E-state index in [0.717, 1.165) is 11.1 Å². The van der Waals surface area contributed by atoms with Gasteiger partial charge in [-0.15, -0.1) is 0 Å². The van der Waals surface area contributed by atoms with Crippen molar-refractivity contribution in [3.63, 3.8) is 0 Å². The molecule has 0 bridgehead atoms. The average Bonchev–Trinajstić information content (AvgIpc) is 2.96. The van der Waals surface area contributed by atoms with Crippen LogP contribution in [0.2, 0.25) is 0 Å². The smallest absolute Gasteiger partial charge is 0.480 e. The fourth-order valence-corrected chi connectivity index (χ4v) is 4.44. The number of benzene rings is 4. The minimum absolute atomic E-state index is 0.0794. The van der Waals surface area contributed by atoms with E-state index in [9.17, 15) is 29.5 Å². The molecule has 5 N–H and O–H groups in total. The highest BCUT2D eigenvalue weighted by Gasteiger charge is 2.27.